The van der Waals surface area contributed by atoms with E-state index in [2.05, 4.69) is 15.3 Å². The summed E-state index contributed by atoms with van der Waals surface area (Å²) in [5.74, 6) is 0.943. The Morgan fingerprint density at radius 3 is 2.67 bits per heavy atom. The molecule has 0 bridgehead atoms. The van der Waals surface area contributed by atoms with E-state index in [9.17, 15) is 4.79 Å². The minimum atomic E-state index is -0.236. The highest BCUT2D eigenvalue weighted by atomic mass is 35.5. The number of hydrogen-bond donors (Lipinski definition) is 1. The first-order valence-electron chi connectivity index (χ1n) is 6.63. The highest BCUT2D eigenvalue weighted by molar-refractivity contribution is 6.29. The molecule has 0 aliphatic heterocycles. The molecule has 0 aliphatic carbocycles. The fourth-order valence-electron chi connectivity index (χ4n) is 1.75. The van der Waals surface area contributed by atoms with Gasteiger partial charge in [0.2, 0.25) is 5.89 Å². The number of nitrogens with zero attached hydrogens (tertiary/aromatic N) is 2. The average Bonchev–Trinajstić information content (AvgIpc) is 2.80. The zero-order chi connectivity index (χ0) is 15.6. The Morgan fingerprint density at radius 1 is 1.38 bits per heavy atom. The van der Waals surface area contributed by atoms with Crippen LogP contribution in [0.2, 0.25) is 5.15 Å². The first-order chi connectivity index (χ1) is 9.75. The molecule has 1 N–H and O–H groups in total. The van der Waals surface area contributed by atoms with Gasteiger partial charge in [0.15, 0.2) is 0 Å². The second kappa shape index (κ2) is 5.85. The number of oxazole rings is 1. The number of halogens is 1. The van der Waals surface area contributed by atoms with E-state index in [0.29, 0.717) is 22.4 Å². The predicted molar refractivity (Wildman–Crippen MR) is 80.4 cm³/mol. The van der Waals surface area contributed by atoms with Crippen molar-refractivity contribution in [3.05, 3.63) is 46.4 Å². The van der Waals surface area contributed by atoms with E-state index in [1.54, 1.807) is 25.3 Å². The van der Waals surface area contributed by atoms with Gasteiger partial charge in [0.05, 0.1) is 12.7 Å². The molecule has 0 aromatic carbocycles. The van der Waals surface area contributed by atoms with Crippen molar-refractivity contribution in [2.45, 2.75) is 39.7 Å². The smallest absolute Gasteiger partial charge is 0.251 e. The standard InChI is InChI=1S/C15H18ClN3O2/c1-9-7-17-13(21-9)8-18-14(20)10-5-11(15(2,3)4)19-12(16)6-10/h5-7H,8H2,1-4H3,(H,18,20). The first-order valence-corrected chi connectivity index (χ1v) is 7.01. The number of hydrogen-bond acceptors (Lipinski definition) is 4. The molecule has 0 fully saturated rings. The second-order valence-electron chi connectivity index (χ2n) is 5.86. The van der Waals surface area contributed by atoms with E-state index in [-0.39, 0.29) is 17.9 Å². The number of rotatable bonds is 3. The van der Waals surface area contributed by atoms with Crippen LogP contribution in [0.5, 0.6) is 0 Å². The fraction of sp³-hybridized carbons (Fsp3) is 0.400. The summed E-state index contributed by atoms with van der Waals surface area (Å²) in [6.45, 7) is 8.09. The number of carbonyl (C=O) groups is 1. The molecule has 0 atom stereocenters. The van der Waals surface area contributed by atoms with Gasteiger partial charge in [-0.15, -0.1) is 0 Å². The van der Waals surface area contributed by atoms with Crippen LogP contribution in [0, 0.1) is 6.92 Å². The minimum absolute atomic E-state index is 0.181. The van der Waals surface area contributed by atoms with E-state index in [1.165, 1.54) is 0 Å². The lowest BCUT2D eigenvalue weighted by atomic mass is 9.91. The maximum atomic E-state index is 12.2. The van der Waals surface area contributed by atoms with Crippen molar-refractivity contribution in [3.8, 4) is 0 Å². The number of aromatic nitrogens is 2. The normalized spacial score (nSPS) is 11.5. The van der Waals surface area contributed by atoms with Crippen LogP contribution in [0.4, 0.5) is 0 Å². The molecule has 112 valence electrons. The molecule has 0 saturated carbocycles. The Morgan fingerprint density at radius 2 is 2.10 bits per heavy atom. The van der Waals surface area contributed by atoms with Crippen LogP contribution in [-0.2, 0) is 12.0 Å². The third-order valence-electron chi connectivity index (χ3n) is 2.89. The molecule has 0 radical (unpaired) electrons. The highest BCUT2D eigenvalue weighted by Crippen LogP contribution is 2.23. The molecule has 21 heavy (non-hydrogen) atoms. The summed E-state index contributed by atoms with van der Waals surface area (Å²) in [6.07, 6.45) is 1.61. The van der Waals surface area contributed by atoms with Crippen LogP contribution < -0.4 is 5.32 Å². The Balaban J connectivity index is 2.13. The fourth-order valence-corrected chi connectivity index (χ4v) is 1.96. The van der Waals surface area contributed by atoms with Crippen LogP contribution in [0.3, 0.4) is 0 Å². The van der Waals surface area contributed by atoms with Crippen molar-refractivity contribution in [2.75, 3.05) is 0 Å². The summed E-state index contributed by atoms with van der Waals surface area (Å²) in [6, 6.07) is 3.30. The summed E-state index contributed by atoms with van der Waals surface area (Å²) in [7, 11) is 0. The lowest BCUT2D eigenvalue weighted by Crippen LogP contribution is -2.24. The molecule has 5 nitrogen and oxygen atoms in total. The van der Waals surface area contributed by atoms with Crippen molar-refractivity contribution in [1.29, 1.82) is 0 Å². The van der Waals surface area contributed by atoms with Gasteiger partial charge in [0.1, 0.15) is 10.9 Å². The quantitative estimate of drug-likeness (QED) is 0.884. The monoisotopic (exact) mass is 307 g/mol. The molecule has 0 spiro atoms. The third-order valence-corrected chi connectivity index (χ3v) is 3.09. The average molecular weight is 308 g/mol. The number of pyridine rings is 1. The Kier molecular flexibility index (Phi) is 4.32. The number of nitrogens with one attached hydrogen (secondary N) is 1. The zero-order valence-electron chi connectivity index (χ0n) is 12.5. The van der Waals surface area contributed by atoms with Crippen LogP contribution in [0.15, 0.2) is 22.7 Å². The van der Waals surface area contributed by atoms with Gasteiger partial charge >= 0.3 is 0 Å². The summed E-state index contributed by atoms with van der Waals surface area (Å²) in [5.41, 5.74) is 1.06. The Hall–Kier alpha value is -1.88. The Labute approximate surface area is 128 Å². The molecule has 1 amide bonds. The van der Waals surface area contributed by atoms with Gasteiger partial charge in [0, 0.05) is 16.7 Å². The van der Waals surface area contributed by atoms with Crippen molar-refractivity contribution >= 4 is 17.5 Å². The van der Waals surface area contributed by atoms with Gasteiger partial charge < -0.3 is 9.73 Å². The van der Waals surface area contributed by atoms with Crippen molar-refractivity contribution in [2.24, 2.45) is 0 Å². The van der Waals surface area contributed by atoms with Gasteiger partial charge in [-0.2, -0.15) is 0 Å². The lowest BCUT2D eigenvalue weighted by Gasteiger charge is -2.18. The number of carbonyl (C=O) groups excluding carboxylic acids is 1. The highest BCUT2D eigenvalue weighted by Gasteiger charge is 2.19. The third kappa shape index (κ3) is 4.04. The summed E-state index contributed by atoms with van der Waals surface area (Å²) in [5, 5.41) is 3.06. The lowest BCUT2D eigenvalue weighted by molar-refractivity contribution is 0.0947. The van der Waals surface area contributed by atoms with Gasteiger partial charge in [-0.3, -0.25) is 4.79 Å². The Bertz CT molecular complexity index is 659. The molecule has 0 unspecified atom stereocenters. The summed E-state index contributed by atoms with van der Waals surface area (Å²) >= 11 is 6.00. The van der Waals surface area contributed by atoms with E-state index < -0.39 is 0 Å². The molecule has 0 aliphatic rings. The van der Waals surface area contributed by atoms with Crippen LogP contribution in [-0.4, -0.2) is 15.9 Å². The van der Waals surface area contributed by atoms with E-state index in [1.807, 2.05) is 20.8 Å². The van der Waals surface area contributed by atoms with E-state index in [4.69, 9.17) is 16.0 Å². The zero-order valence-corrected chi connectivity index (χ0v) is 13.3. The van der Waals surface area contributed by atoms with Crippen molar-refractivity contribution in [1.82, 2.24) is 15.3 Å². The van der Waals surface area contributed by atoms with Crippen LogP contribution in [0.25, 0.3) is 0 Å². The number of amides is 1. The SMILES string of the molecule is Cc1cnc(CNC(=O)c2cc(Cl)nc(C(C)(C)C)c2)o1. The minimum Gasteiger partial charge on any atom is -0.444 e. The molecule has 6 heteroatoms. The molecule has 0 saturated heterocycles. The van der Waals surface area contributed by atoms with Gasteiger partial charge in [-0.25, -0.2) is 9.97 Å². The maximum absolute atomic E-state index is 12.2. The van der Waals surface area contributed by atoms with Crippen molar-refractivity contribution < 1.29 is 9.21 Å². The van der Waals surface area contributed by atoms with Crippen LogP contribution in [0.1, 0.15) is 48.5 Å². The molecular weight excluding hydrogens is 290 g/mol. The maximum Gasteiger partial charge on any atom is 0.251 e. The van der Waals surface area contributed by atoms with Gasteiger partial charge in [0.25, 0.3) is 5.91 Å². The molecular formula is C15H18ClN3O2. The van der Waals surface area contributed by atoms with Crippen molar-refractivity contribution in [3.63, 3.8) is 0 Å². The molecule has 2 rings (SSSR count). The van der Waals surface area contributed by atoms with Gasteiger partial charge in [-0.05, 0) is 19.1 Å². The topological polar surface area (TPSA) is 68.0 Å². The van der Waals surface area contributed by atoms with Gasteiger partial charge in [-0.1, -0.05) is 32.4 Å². The second-order valence-corrected chi connectivity index (χ2v) is 6.25. The summed E-state index contributed by atoms with van der Waals surface area (Å²) < 4.78 is 5.31. The molecule has 2 aromatic heterocycles. The van der Waals surface area contributed by atoms with E-state index >= 15 is 0 Å². The van der Waals surface area contributed by atoms with E-state index in [0.717, 1.165) is 5.69 Å². The first kappa shape index (κ1) is 15.5. The predicted octanol–water partition coefficient (Wildman–Crippen LogP) is 3.26. The largest absolute Gasteiger partial charge is 0.444 e. The molecule has 2 aromatic rings. The number of aryl methyl sites for hydroxylation is 1. The molecule has 2 heterocycles. The summed E-state index contributed by atoms with van der Waals surface area (Å²) in [4.78, 5) is 20.5. The van der Waals surface area contributed by atoms with Crippen LogP contribution >= 0.6 is 11.6 Å².